The van der Waals surface area contributed by atoms with Crippen molar-refractivity contribution in [1.29, 1.82) is 0 Å². The first kappa shape index (κ1) is 12.5. The van der Waals surface area contributed by atoms with Crippen LogP contribution in [0.1, 0.15) is 32.0 Å². The summed E-state index contributed by atoms with van der Waals surface area (Å²) >= 11 is 0. The van der Waals surface area contributed by atoms with E-state index in [4.69, 9.17) is 4.52 Å². The number of hydrogen-bond acceptors (Lipinski definition) is 5. The molecule has 1 aromatic rings. The van der Waals surface area contributed by atoms with Crippen molar-refractivity contribution in [2.24, 2.45) is 5.92 Å². The normalized spacial score (nSPS) is 20.6. The quantitative estimate of drug-likeness (QED) is 0.831. The van der Waals surface area contributed by atoms with Gasteiger partial charge in [-0.05, 0) is 25.9 Å². The van der Waals surface area contributed by atoms with E-state index in [9.17, 15) is 0 Å². The van der Waals surface area contributed by atoms with Crippen molar-refractivity contribution < 1.29 is 4.52 Å². The van der Waals surface area contributed by atoms with E-state index in [0.717, 1.165) is 37.8 Å². The van der Waals surface area contributed by atoms with Crippen LogP contribution in [-0.2, 0) is 13.0 Å². The fourth-order valence-corrected chi connectivity index (χ4v) is 2.16. The topological polar surface area (TPSA) is 54.2 Å². The van der Waals surface area contributed by atoms with Gasteiger partial charge in [-0.3, -0.25) is 4.90 Å². The molecule has 0 aliphatic carbocycles. The van der Waals surface area contributed by atoms with Gasteiger partial charge in [0.05, 0.1) is 6.54 Å². The van der Waals surface area contributed by atoms with Crippen LogP contribution in [0, 0.1) is 5.92 Å². The van der Waals surface area contributed by atoms with E-state index in [1.807, 2.05) is 0 Å². The highest BCUT2D eigenvalue weighted by molar-refractivity contribution is 4.89. The van der Waals surface area contributed by atoms with Crippen LogP contribution in [0.2, 0.25) is 0 Å². The maximum absolute atomic E-state index is 5.27. The summed E-state index contributed by atoms with van der Waals surface area (Å²) < 4.78 is 5.27. The molecule has 1 saturated heterocycles. The van der Waals surface area contributed by atoms with Crippen molar-refractivity contribution in [3.8, 4) is 0 Å². The molecule has 2 rings (SSSR count). The van der Waals surface area contributed by atoms with Crippen LogP contribution in [0.25, 0.3) is 0 Å². The lowest BCUT2D eigenvalue weighted by Gasteiger charge is -2.21. The molecule has 0 amide bonds. The Bertz CT molecular complexity index is 344. The Morgan fingerprint density at radius 2 is 2.35 bits per heavy atom. The maximum Gasteiger partial charge on any atom is 0.240 e. The third kappa shape index (κ3) is 3.51. The molecule has 5 nitrogen and oxygen atoms in total. The van der Waals surface area contributed by atoms with Gasteiger partial charge in [0, 0.05) is 19.0 Å². The lowest BCUT2D eigenvalue weighted by Crippen LogP contribution is -2.32. The summed E-state index contributed by atoms with van der Waals surface area (Å²) in [6.07, 6.45) is 2.09. The first-order chi connectivity index (χ1) is 8.15. The molecule has 1 aliphatic rings. The van der Waals surface area contributed by atoms with Crippen LogP contribution in [0.4, 0.5) is 0 Å². The molecule has 1 fully saturated rings. The standard InChI is InChI=1S/C12H22N4O/c1-9(2)6-11-14-12(17-15-11)8-16(3)10-4-5-13-7-10/h9-10,13H,4-8H2,1-3H3. The third-order valence-electron chi connectivity index (χ3n) is 3.14. The molecule has 2 heterocycles. The van der Waals surface area contributed by atoms with Gasteiger partial charge >= 0.3 is 0 Å². The van der Waals surface area contributed by atoms with Gasteiger partial charge in [0.2, 0.25) is 5.89 Å². The van der Waals surface area contributed by atoms with E-state index in [-0.39, 0.29) is 0 Å². The van der Waals surface area contributed by atoms with Crippen molar-refractivity contribution >= 4 is 0 Å². The van der Waals surface area contributed by atoms with Crippen LogP contribution in [-0.4, -0.2) is 41.2 Å². The van der Waals surface area contributed by atoms with Gasteiger partial charge in [0.15, 0.2) is 5.82 Å². The summed E-state index contributed by atoms with van der Waals surface area (Å²) in [5.74, 6) is 2.13. The Kier molecular flexibility index (Phi) is 4.12. The second-order valence-electron chi connectivity index (χ2n) is 5.26. The van der Waals surface area contributed by atoms with Gasteiger partial charge in [0.25, 0.3) is 0 Å². The van der Waals surface area contributed by atoms with Crippen molar-refractivity contribution in [3.05, 3.63) is 11.7 Å². The van der Waals surface area contributed by atoms with Gasteiger partial charge < -0.3 is 9.84 Å². The zero-order chi connectivity index (χ0) is 12.3. The molecule has 0 aromatic carbocycles. The van der Waals surface area contributed by atoms with Crippen molar-refractivity contribution in [1.82, 2.24) is 20.4 Å². The molecule has 0 radical (unpaired) electrons. The summed E-state index contributed by atoms with van der Waals surface area (Å²) in [6, 6.07) is 0.593. The van der Waals surface area contributed by atoms with Gasteiger partial charge in [-0.1, -0.05) is 19.0 Å². The van der Waals surface area contributed by atoms with Crippen LogP contribution in [0.5, 0.6) is 0 Å². The highest BCUT2D eigenvalue weighted by atomic mass is 16.5. The summed E-state index contributed by atoms with van der Waals surface area (Å²) in [7, 11) is 2.12. The molecule has 96 valence electrons. The Morgan fingerprint density at radius 1 is 1.53 bits per heavy atom. The number of aromatic nitrogens is 2. The lowest BCUT2D eigenvalue weighted by atomic mass is 10.1. The summed E-state index contributed by atoms with van der Waals surface area (Å²) in [6.45, 7) is 7.23. The van der Waals surface area contributed by atoms with E-state index in [2.05, 4.69) is 41.3 Å². The average Bonchev–Trinajstić information content (AvgIpc) is 2.87. The molecule has 1 N–H and O–H groups in total. The molecular weight excluding hydrogens is 216 g/mol. The Morgan fingerprint density at radius 3 is 3.00 bits per heavy atom. The van der Waals surface area contributed by atoms with E-state index < -0.39 is 0 Å². The van der Waals surface area contributed by atoms with Crippen molar-refractivity contribution in [2.45, 2.75) is 39.3 Å². The minimum atomic E-state index is 0.567. The number of nitrogens with one attached hydrogen (secondary N) is 1. The Hall–Kier alpha value is -0.940. The monoisotopic (exact) mass is 238 g/mol. The lowest BCUT2D eigenvalue weighted by molar-refractivity contribution is 0.214. The largest absolute Gasteiger partial charge is 0.338 e. The van der Waals surface area contributed by atoms with Gasteiger partial charge in [-0.15, -0.1) is 0 Å². The van der Waals surface area contributed by atoms with Crippen LogP contribution < -0.4 is 5.32 Å². The molecule has 5 heteroatoms. The average molecular weight is 238 g/mol. The number of likely N-dealkylation sites (N-methyl/N-ethyl adjacent to an activating group) is 1. The fraction of sp³-hybridized carbons (Fsp3) is 0.833. The molecule has 1 atom stereocenters. The molecular formula is C12H22N4O. The zero-order valence-corrected chi connectivity index (χ0v) is 10.9. The number of nitrogens with zero attached hydrogens (tertiary/aromatic N) is 3. The Labute approximate surface area is 103 Å². The highest BCUT2D eigenvalue weighted by Gasteiger charge is 2.21. The molecule has 0 spiro atoms. The van der Waals surface area contributed by atoms with E-state index in [1.165, 1.54) is 6.42 Å². The molecule has 0 bridgehead atoms. The molecule has 17 heavy (non-hydrogen) atoms. The van der Waals surface area contributed by atoms with Crippen LogP contribution in [0.3, 0.4) is 0 Å². The fourth-order valence-electron chi connectivity index (χ4n) is 2.16. The van der Waals surface area contributed by atoms with Gasteiger partial charge in [-0.25, -0.2) is 0 Å². The number of hydrogen-bond donors (Lipinski definition) is 1. The summed E-state index contributed by atoms with van der Waals surface area (Å²) in [4.78, 5) is 6.71. The highest BCUT2D eigenvalue weighted by Crippen LogP contribution is 2.11. The first-order valence-electron chi connectivity index (χ1n) is 6.37. The second-order valence-corrected chi connectivity index (χ2v) is 5.26. The van der Waals surface area contributed by atoms with Crippen molar-refractivity contribution in [3.63, 3.8) is 0 Å². The minimum Gasteiger partial charge on any atom is -0.338 e. The van der Waals surface area contributed by atoms with E-state index >= 15 is 0 Å². The number of rotatable bonds is 5. The van der Waals surface area contributed by atoms with Crippen LogP contribution >= 0.6 is 0 Å². The molecule has 1 aliphatic heterocycles. The molecule has 1 aromatic heterocycles. The Balaban J connectivity index is 1.87. The summed E-state index contributed by atoms with van der Waals surface area (Å²) in [5, 5.41) is 7.37. The van der Waals surface area contributed by atoms with Crippen molar-refractivity contribution in [2.75, 3.05) is 20.1 Å². The smallest absolute Gasteiger partial charge is 0.240 e. The molecule has 1 unspecified atom stereocenters. The third-order valence-corrected chi connectivity index (χ3v) is 3.14. The second kappa shape index (κ2) is 5.60. The predicted molar refractivity (Wildman–Crippen MR) is 65.6 cm³/mol. The van der Waals surface area contributed by atoms with E-state index in [1.54, 1.807) is 0 Å². The van der Waals surface area contributed by atoms with Gasteiger partial charge in [-0.2, -0.15) is 4.98 Å². The SMILES string of the molecule is CC(C)Cc1noc(CN(C)C2CCNC2)n1. The predicted octanol–water partition coefficient (Wildman–Crippen LogP) is 1.06. The van der Waals surface area contributed by atoms with E-state index in [0.29, 0.717) is 12.0 Å². The maximum atomic E-state index is 5.27. The molecule has 0 saturated carbocycles. The van der Waals surface area contributed by atoms with Crippen LogP contribution in [0.15, 0.2) is 4.52 Å². The first-order valence-corrected chi connectivity index (χ1v) is 6.37. The zero-order valence-electron chi connectivity index (χ0n) is 10.9. The minimum absolute atomic E-state index is 0.567. The van der Waals surface area contributed by atoms with Gasteiger partial charge in [0.1, 0.15) is 0 Å². The summed E-state index contributed by atoms with van der Waals surface area (Å²) in [5.41, 5.74) is 0.